The van der Waals surface area contributed by atoms with Crippen molar-refractivity contribution in [3.05, 3.63) is 70.9 Å². The van der Waals surface area contributed by atoms with Crippen molar-refractivity contribution in [3.63, 3.8) is 0 Å². The molecule has 3 nitrogen and oxygen atoms in total. The summed E-state index contributed by atoms with van der Waals surface area (Å²) in [5.74, 6) is 0.0842. The lowest BCUT2D eigenvalue weighted by molar-refractivity contribution is -0.121. The summed E-state index contributed by atoms with van der Waals surface area (Å²) in [4.78, 5) is 15.9. The fraction of sp³-hybridized carbons (Fsp3) is 0.318. The first kappa shape index (κ1) is 18.5. The number of hydrogen-bond donors (Lipinski definition) is 2. The summed E-state index contributed by atoms with van der Waals surface area (Å²) in [7, 11) is 0. The predicted octanol–water partition coefficient (Wildman–Crippen LogP) is 5.65. The van der Waals surface area contributed by atoms with Gasteiger partial charge in [-0.2, -0.15) is 0 Å². The van der Waals surface area contributed by atoms with Crippen molar-refractivity contribution in [3.8, 4) is 0 Å². The van der Waals surface area contributed by atoms with Gasteiger partial charge in [-0.25, -0.2) is 0 Å². The van der Waals surface area contributed by atoms with E-state index in [4.69, 9.17) is 11.6 Å². The molecular formula is C22H25ClN2O. The number of aromatic nitrogens is 1. The molecule has 3 aromatic rings. The second-order valence-electron chi connectivity index (χ2n) is 6.65. The molecular weight excluding hydrogens is 344 g/mol. The third kappa shape index (κ3) is 4.47. The van der Waals surface area contributed by atoms with E-state index in [1.54, 1.807) is 0 Å². The van der Waals surface area contributed by atoms with Crippen LogP contribution in [0.2, 0.25) is 5.02 Å². The number of para-hydroxylation sites is 1. The molecule has 2 aromatic carbocycles. The summed E-state index contributed by atoms with van der Waals surface area (Å²) in [6, 6.07) is 16.0. The number of unbranched alkanes of at least 4 members (excludes halogenated alkanes) is 2. The Kier molecular flexibility index (Phi) is 6.35. The number of carbonyl (C=O) groups excluding carboxylic acids is 1. The van der Waals surface area contributed by atoms with Crippen LogP contribution in [0.4, 0.5) is 0 Å². The van der Waals surface area contributed by atoms with Gasteiger partial charge in [0.2, 0.25) is 5.91 Å². The molecule has 0 fully saturated rings. The number of amides is 1. The maximum atomic E-state index is 12.5. The Bertz CT molecular complexity index is 854. The van der Waals surface area contributed by atoms with Crippen molar-refractivity contribution >= 4 is 28.4 Å². The zero-order chi connectivity index (χ0) is 18.4. The van der Waals surface area contributed by atoms with Crippen LogP contribution in [-0.2, 0) is 4.79 Å². The summed E-state index contributed by atoms with van der Waals surface area (Å²) in [5.41, 5.74) is 3.33. The molecule has 3 rings (SSSR count). The van der Waals surface area contributed by atoms with E-state index < -0.39 is 0 Å². The average molecular weight is 369 g/mol. The van der Waals surface area contributed by atoms with Crippen LogP contribution in [0.3, 0.4) is 0 Å². The Morgan fingerprint density at radius 1 is 1.12 bits per heavy atom. The van der Waals surface area contributed by atoms with Crippen LogP contribution in [0, 0.1) is 0 Å². The lowest BCUT2D eigenvalue weighted by atomic mass is 9.88. The van der Waals surface area contributed by atoms with Crippen LogP contribution < -0.4 is 5.32 Å². The minimum atomic E-state index is -0.00501. The maximum absolute atomic E-state index is 12.5. The molecule has 26 heavy (non-hydrogen) atoms. The zero-order valence-corrected chi connectivity index (χ0v) is 15.9. The molecule has 0 saturated carbocycles. The third-order valence-electron chi connectivity index (χ3n) is 4.76. The molecule has 1 heterocycles. The first-order valence-corrected chi connectivity index (χ1v) is 9.65. The van der Waals surface area contributed by atoms with Gasteiger partial charge in [0.1, 0.15) is 0 Å². The Balaban J connectivity index is 1.85. The number of aromatic amines is 1. The van der Waals surface area contributed by atoms with E-state index in [0.717, 1.165) is 47.8 Å². The highest BCUT2D eigenvalue weighted by Gasteiger charge is 2.21. The quantitative estimate of drug-likeness (QED) is 0.496. The molecule has 0 saturated heterocycles. The normalized spacial score (nSPS) is 12.2. The molecule has 0 spiro atoms. The minimum Gasteiger partial charge on any atom is -0.361 e. The van der Waals surface area contributed by atoms with Crippen LogP contribution in [0.15, 0.2) is 54.7 Å². The van der Waals surface area contributed by atoms with E-state index in [1.807, 2.05) is 42.6 Å². The molecule has 1 atom stereocenters. The van der Waals surface area contributed by atoms with E-state index in [1.165, 1.54) is 0 Å². The molecule has 4 heteroatoms. The topological polar surface area (TPSA) is 44.9 Å². The van der Waals surface area contributed by atoms with Crippen molar-refractivity contribution in [2.24, 2.45) is 0 Å². The van der Waals surface area contributed by atoms with Gasteiger partial charge in [-0.05, 0) is 35.7 Å². The van der Waals surface area contributed by atoms with E-state index in [9.17, 15) is 4.79 Å². The van der Waals surface area contributed by atoms with Crippen molar-refractivity contribution in [2.45, 2.75) is 38.5 Å². The molecule has 2 N–H and O–H groups in total. The molecule has 0 aliphatic carbocycles. The fourth-order valence-corrected chi connectivity index (χ4v) is 3.47. The van der Waals surface area contributed by atoms with Crippen LogP contribution in [0.25, 0.3) is 10.9 Å². The number of H-pyrrole nitrogens is 1. The number of hydrogen-bond acceptors (Lipinski definition) is 1. The van der Waals surface area contributed by atoms with E-state index >= 15 is 0 Å². The summed E-state index contributed by atoms with van der Waals surface area (Å²) in [6.07, 6.45) is 5.77. The van der Waals surface area contributed by atoms with Gasteiger partial charge in [0, 0.05) is 41.0 Å². The summed E-state index contributed by atoms with van der Waals surface area (Å²) in [5, 5.41) is 4.93. The van der Waals surface area contributed by atoms with Gasteiger partial charge in [-0.15, -0.1) is 0 Å². The van der Waals surface area contributed by atoms with Gasteiger partial charge >= 0.3 is 0 Å². The average Bonchev–Trinajstić information content (AvgIpc) is 3.08. The number of fused-ring (bicyclic) bond motifs is 1. The van der Waals surface area contributed by atoms with E-state index in [0.29, 0.717) is 11.4 Å². The van der Waals surface area contributed by atoms with Crippen LogP contribution >= 0.6 is 11.6 Å². The highest BCUT2D eigenvalue weighted by molar-refractivity contribution is 6.30. The maximum Gasteiger partial charge on any atom is 0.220 e. The highest BCUT2D eigenvalue weighted by atomic mass is 35.5. The Morgan fingerprint density at radius 3 is 2.65 bits per heavy atom. The number of rotatable bonds is 8. The molecule has 1 aromatic heterocycles. The number of benzene rings is 2. The zero-order valence-electron chi connectivity index (χ0n) is 15.1. The molecule has 1 amide bonds. The number of nitrogens with one attached hydrogen (secondary N) is 2. The third-order valence-corrected chi connectivity index (χ3v) is 5.01. The monoisotopic (exact) mass is 368 g/mol. The first-order valence-electron chi connectivity index (χ1n) is 9.27. The van der Waals surface area contributed by atoms with Crippen LogP contribution in [0.5, 0.6) is 0 Å². The Labute approximate surface area is 159 Å². The summed E-state index contributed by atoms with van der Waals surface area (Å²) >= 11 is 6.05. The molecule has 0 bridgehead atoms. The van der Waals surface area contributed by atoms with Crippen molar-refractivity contribution in [1.82, 2.24) is 10.3 Å². The summed E-state index contributed by atoms with van der Waals surface area (Å²) < 4.78 is 0. The van der Waals surface area contributed by atoms with Gasteiger partial charge in [-0.3, -0.25) is 4.79 Å². The van der Waals surface area contributed by atoms with Gasteiger partial charge < -0.3 is 10.3 Å². The Hall–Kier alpha value is -2.26. The lowest BCUT2D eigenvalue weighted by Crippen LogP contribution is -2.26. The van der Waals surface area contributed by atoms with Crippen LogP contribution in [-0.4, -0.2) is 17.4 Å². The van der Waals surface area contributed by atoms with Gasteiger partial charge in [-0.1, -0.05) is 61.7 Å². The van der Waals surface area contributed by atoms with Gasteiger partial charge in [0.15, 0.2) is 0 Å². The van der Waals surface area contributed by atoms with Gasteiger partial charge in [0.25, 0.3) is 0 Å². The largest absolute Gasteiger partial charge is 0.361 e. The summed E-state index contributed by atoms with van der Waals surface area (Å²) in [6.45, 7) is 2.91. The van der Waals surface area contributed by atoms with Crippen molar-refractivity contribution in [2.75, 3.05) is 6.54 Å². The molecule has 1 unspecified atom stereocenters. The number of halogens is 1. The van der Waals surface area contributed by atoms with Gasteiger partial charge in [0.05, 0.1) is 0 Å². The second kappa shape index (κ2) is 8.91. The molecule has 0 aliphatic rings. The SMILES string of the molecule is CCCCCNC(=O)CC(c1ccc(Cl)cc1)c1c[nH]c2ccccc12. The van der Waals surface area contributed by atoms with E-state index in [-0.39, 0.29) is 11.8 Å². The Morgan fingerprint density at radius 2 is 1.88 bits per heavy atom. The lowest BCUT2D eigenvalue weighted by Gasteiger charge is -2.17. The highest BCUT2D eigenvalue weighted by Crippen LogP contribution is 2.33. The van der Waals surface area contributed by atoms with Crippen LogP contribution in [0.1, 0.15) is 49.7 Å². The molecule has 0 aliphatic heterocycles. The smallest absolute Gasteiger partial charge is 0.220 e. The minimum absolute atomic E-state index is 0.00501. The predicted molar refractivity (Wildman–Crippen MR) is 109 cm³/mol. The molecule has 136 valence electrons. The van der Waals surface area contributed by atoms with E-state index in [2.05, 4.69) is 29.4 Å². The van der Waals surface area contributed by atoms with Crippen molar-refractivity contribution < 1.29 is 4.79 Å². The first-order chi connectivity index (χ1) is 12.7. The van der Waals surface area contributed by atoms with Crippen molar-refractivity contribution in [1.29, 1.82) is 0 Å². The molecule has 0 radical (unpaired) electrons. The number of carbonyl (C=O) groups is 1. The fourth-order valence-electron chi connectivity index (χ4n) is 3.35. The standard InChI is InChI=1S/C22H25ClN2O/c1-2-3-6-13-24-22(26)14-19(16-9-11-17(23)12-10-16)20-15-25-21-8-5-4-7-18(20)21/h4-5,7-12,15,19,25H,2-3,6,13-14H2,1H3,(H,24,26). The second-order valence-corrected chi connectivity index (χ2v) is 7.09.